The van der Waals surface area contributed by atoms with Crippen molar-refractivity contribution in [2.45, 2.75) is 25.9 Å². The van der Waals surface area contributed by atoms with Crippen molar-refractivity contribution in [3.63, 3.8) is 0 Å². The number of halogens is 3. The minimum atomic E-state index is -0.780. The molecule has 3 aromatic rings. The van der Waals surface area contributed by atoms with Crippen LogP contribution in [0.1, 0.15) is 18.1 Å². The molecule has 0 fully saturated rings. The van der Waals surface area contributed by atoms with E-state index in [2.05, 4.69) is 21.2 Å². The quantitative estimate of drug-likeness (QED) is 0.370. The molecule has 34 heavy (non-hydrogen) atoms. The summed E-state index contributed by atoms with van der Waals surface area (Å²) in [5.74, 6) is -0.563. The SMILES string of the molecule is CCNC(=O)C(Cc1ccccc1)N(Cc1ccc(F)cc1)C(=O)COc1ccc(Cl)cc1Br. The van der Waals surface area contributed by atoms with Crippen LogP contribution in [0, 0.1) is 5.82 Å². The number of amides is 2. The lowest BCUT2D eigenvalue weighted by Gasteiger charge is -2.31. The van der Waals surface area contributed by atoms with Gasteiger partial charge in [0.05, 0.1) is 4.47 Å². The number of hydrogen-bond donors (Lipinski definition) is 1. The summed E-state index contributed by atoms with van der Waals surface area (Å²) in [6.07, 6.45) is 0.324. The Kier molecular flexibility index (Phi) is 9.48. The Bertz CT molecular complexity index is 1110. The Morgan fingerprint density at radius 3 is 2.41 bits per heavy atom. The van der Waals surface area contributed by atoms with E-state index in [0.29, 0.717) is 33.8 Å². The van der Waals surface area contributed by atoms with Crippen molar-refractivity contribution < 1.29 is 18.7 Å². The zero-order valence-electron chi connectivity index (χ0n) is 18.6. The molecule has 0 aliphatic rings. The van der Waals surface area contributed by atoms with Crippen LogP contribution >= 0.6 is 27.5 Å². The molecule has 5 nitrogen and oxygen atoms in total. The summed E-state index contributed by atoms with van der Waals surface area (Å²) >= 11 is 9.36. The Morgan fingerprint density at radius 1 is 1.06 bits per heavy atom. The summed E-state index contributed by atoms with van der Waals surface area (Å²) in [6, 6.07) is 19.6. The highest BCUT2D eigenvalue weighted by Crippen LogP contribution is 2.28. The molecule has 178 valence electrons. The van der Waals surface area contributed by atoms with Crippen LogP contribution in [0.5, 0.6) is 5.75 Å². The normalized spacial score (nSPS) is 11.5. The van der Waals surface area contributed by atoms with Crippen LogP contribution in [-0.2, 0) is 22.6 Å². The van der Waals surface area contributed by atoms with E-state index in [9.17, 15) is 14.0 Å². The second-order valence-corrected chi connectivity index (χ2v) is 8.90. The zero-order chi connectivity index (χ0) is 24.5. The number of carbonyl (C=O) groups excluding carboxylic acids is 2. The summed E-state index contributed by atoms with van der Waals surface area (Å²) in [7, 11) is 0. The lowest BCUT2D eigenvalue weighted by Crippen LogP contribution is -2.51. The first-order valence-electron chi connectivity index (χ1n) is 10.8. The number of ether oxygens (including phenoxy) is 1. The fourth-order valence-corrected chi connectivity index (χ4v) is 4.24. The summed E-state index contributed by atoms with van der Waals surface area (Å²) < 4.78 is 19.8. The van der Waals surface area contributed by atoms with Gasteiger partial charge in [0.15, 0.2) is 6.61 Å². The monoisotopic (exact) mass is 546 g/mol. The van der Waals surface area contributed by atoms with E-state index < -0.39 is 6.04 Å². The summed E-state index contributed by atoms with van der Waals surface area (Å²) in [5, 5.41) is 3.36. The van der Waals surface area contributed by atoms with E-state index in [-0.39, 0.29) is 30.8 Å². The molecule has 1 unspecified atom stereocenters. The van der Waals surface area contributed by atoms with E-state index in [1.165, 1.54) is 17.0 Å². The first-order valence-corrected chi connectivity index (χ1v) is 12.0. The van der Waals surface area contributed by atoms with E-state index in [0.717, 1.165) is 5.56 Å². The molecule has 1 N–H and O–H groups in total. The van der Waals surface area contributed by atoms with Crippen molar-refractivity contribution in [3.8, 4) is 5.75 Å². The van der Waals surface area contributed by atoms with Crippen LogP contribution in [0.15, 0.2) is 77.3 Å². The fourth-order valence-electron chi connectivity index (χ4n) is 3.45. The molecule has 0 spiro atoms. The average Bonchev–Trinajstić information content (AvgIpc) is 2.82. The van der Waals surface area contributed by atoms with Gasteiger partial charge in [0.2, 0.25) is 5.91 Å². The molecule has 0 saturated carbocycles. The predicted molar refractivity (Wildman–Crippen MR) is 134 cm³/mol. The second kappa shape index (κ2) is 12.5. The van der Waals surface area contributed by atoms with Crippen LogP contribution in [-0.4, -0.2) is 35.9 Å². The topological polar surface area (TPSA) is 58.6 Å². The largest absolute Gasteiger partial charge is 0.483 e. The molecular formula is C26H25BrClFN2O3. The van der Waals surface area contributed by atoms with Crippen LogP contribution in [0.3, 0.4) is 0 Å². The van der Waals surface area contributed by atoms with Gasteiger partial charge in [-0.25, -0.2) is 4.39 Å². The van der Waals surface area contributed by atoms with Crippen molar-refractivity contribution in [2.24, 2.45) is 0 Å². The molecule has 0 saturated heterocycles. The predicted octanol–water partition coefficient (Wildman–Crippen LogP) is 5.40. The third-order valence-electron chi connectivity index (χ3n) is 5.13. The molecule has 0 bridgehead atoms. The molecule has 0 aliphatic heterocycles. The van der Waals surface area contributed by atoms with E-state index in [4.69, 9.17) is 16.3 Å². The number of rotatable bonds is 10. The smallest absolute Gasteiger partial charge is 0.261 e. The molecule has 1 atom stereocenters. The van der Waals surface area contributed by atoms with Gasteiger partial charge in [-0.3, -0.25) is 9.59 Å². The summed E-state index contributed by atoms with van der Waals surface area (Å²) in [6.45, 7) is 2.09. The molecular weight excluding hydrogens is 523 g/mol. The van der Waals surface area contributed by atoms with Gasteiger partial charge in [-0.1, -0.05) is 54.1 Å². The molecule has 0 aliphatic carbocycles. The van der Waals surface area contributed by atoms with Crippen molar-refractivity contribution in [3.05, 3.63) is 99.2 Å². The highest BCUT2D eigenvalue weighted by Gasteiger charge is 2.30. The molecule has 3 rings (SSSR count). The number of likely N-dealkylation sites (N-methyl/N-ethyl adjacent to an activating group) is 1. The number of benzene rings is 3. The third-order valence-corrected chi connectivity index (χ3v) is 5.99. The molecule has 3 aromatic carbocycles. The zero-order valence-corrected chi connectivity index (χ0v) is 21.0. The highest BCUT2D eigenvalue weighted by molar-refractivity contribution is 9.10. The van der Waals surface area contributed by atoms with Gasteiger partial charge in [0, 0.05) is 24.5 Å². The van der Waals surface area contributed by atoms with Crippen molar-refractivity contribution in [1.29, 1.82) is 0 Å². The fraction of sp³-hybridized carbons (Fsp3) is 0.231. The van der Waals surface area contributed by atoms with Gasteiger partial charge in [-0.05, 0) is 64.3 Å². The minimum absolute atomic E-state index is 0.124. The van der Waals surface area contributed by atoms with Crippen LogP contribution in [0.25, 0.3) is 0 Å². The maximum Gasteiger partial charge on any atom is 0.261 e. The number of nitrogens with zero attached hydrogens (tertiary/aromatic N) is 1. The lowest BCUT2D eigenvalue weighted by atomic mass is 10.0. The summed E-state index contributed by atoms with van der Waals surface area (Å²) in [4.78, 5) is 28.0. The number of hydrogen-bond acceptors (Lipinski definition) is 3. The number of carbonyl (C=O) groups is 2. The molecule has 0 aromatic heterocycles. The standard InChI is InChI=1S/C26H25BrClFN2O3/c1-2-30-26(33)23(14-18-6-4-3-5-7-18)31(16-19-8-11-21(29)12-9-19)25(32)17-34-24-13-10-20(28)15-22(24)27/h3-13,15,23H,2,14,16-17H2,1H3,(H,30,33). The number of nitrogens with one attached hydrogen (secondary N) is 1. The molecule has 8 heteroatoms. The maximum absolute atomic E-state index is 13.5. The third kappa shape index (κ3) is 7.30. The van der Waals surface area contributed by atoms with Crippen molar-refractivity contribution in [1.82, 2.24) is 10.2 Å². The van der Waals surface area contributed by atoms with E-state index in [1.807, 2.05) is 37.3 Å². The Balaban J connectivity index is 1.89. The van der Waals surface area contributed by atoms with Crippen molar-refractivity contribution >= 4 is 39.3 Å². The van der Waals surface area contributed by atoms with Crippen LogP contribution in [0.4, 0.5) is 4.39 Å². The van der Waals surface area contributed by atoms with Crippen LogP contribution < -0.4 is 10.1 Å². The average molecular weight is 548 g/mol. The van der Waals surface area contributed by atoms with Gasteiger partial charge in [-0.2, -0.15) is 0 Å². The summed E-state index contributed by atoms with van der Waals surface area (Å²) in [5.41, 5.74) is 1.61. The molecule has 2 amide bonds. The van der Waals surface area contributed by atoms with Gasteiger partial charge in [-0.15, -0.1) is 0 Å². The Hall–Kier alpha value is -2.90. The van der Waals surface area contributed by atoms with Gasteiger partial charge >= 0.3 is 0 Å². The first kappa shape index (κ1) is 25.7. The Labute approximate surface area is 212 Å². The van der Waals surface area contributed by atoms with Gasteiger partial charge in [0.1, 0.15) is 17.6 Å². The van der Waals surface area contributed by atoms with Gasteiger partial charge in [0.25, 0.3) is 5.91 Å². The minimum Gasteiger partial charge on any atom is -0.483 e. The lowest BCUT2D eigenvalue weighted by molar-refractivity contribution is -0.142. The van der Waals surface area contributed by atoms with Crippen LogP contribution in [0.2, 0.25) is 5.02 Å². The van der Waals surface area contributed by atoms with Crippen molar-refractivity contribution in [2.75, 3.05) is 13.2 Å². The highest BCUT2D eigenvalue weighted by atomic mass is 79.9. The molecule has 0 heterocycles. The Morgan fingerprint density at radius 2 is 1.76 bits per heavy atom. The first-order chi connectivity index (χ1) is 16.4. The van der Waals surface area contributed by atoms with Gasteiger partial charge < -0.3 is 15.0 Å². The molecule has 0 radical (unpaired) electrons. The van der Waals surface area contributed by atoms with E-state index in [1.54, 1.807) is 30.3 Å². The second-order valence-electron chi connectivity index (χ2n) is 7.61. The maximum atomic E-state index is 13.5. The van der Waals surface area contributed by atoms with E-state index >= 15 is 0 Å².